The van der Waals surface area contributed by atoms with Gasteiger partial charge >= 0.3 is 0 Å². The number of nitrogens with zero attached hydrogens (tertiary/aromatic N) is 2. The summed E-state index contributed by atoms with van der Waals surface area (Å²) >= 11 is 4.46. The number of pyridine rings is 1. The minimum Gasteiger partial charge on any atom is -0.463 e. The van der Waals surface area contributed by atoms with Gasteiger partial charge in [0.2, 0.25) is 0 Å². The molecule has 0 fully saturated rings. The number of hydrogen-bond acceptors (Lipinski definition) is 4. The van der Waals surface area contributed by atoms with Crippen molar-refractivity contribution in [2.24, 2.45) is 4.99 Å². The maximum absolute atomic E-state index is 5.10. The van der Waals surface area contributed by atoms with Crippen molar-refractivity contribution < 1.29 is 4.42 Å². The van der Waals surface area contributed by atoms with E-state index in [9.17, 15) is 0 Å². The Hall–Kier alpha value is -1.51. The van der Waals surface area contributed by atoms with E-state index in [4.69, 9.17) is 4.42 Å². The molecular formula is C8H4N2OS. The summed E-state index contributed by atoms with van der Waals surface area (Å²) in [7, 11) is 0. The first-order valence-electron chi connectivity index (χ1n) is 3.32. The molecule has 58 valence electrons. The maximum atomic E-state index is 5.10. The molecule has 0 bridgehead atoms. The SMILES string of the molecule is S=C=Nc1ccc2occc2n1. The second-order valence-electron chi connectivity index (χ2n) is 2.18. The smallest absolute Gasteiger partial charge is 0.163 e. The van der Waals surface area contributed by atoms with Gasteiger partial charge in [-0.05, 0) is 24.4 Å². The third-order valence-electron chi connectivity index (χ3n) is 1.45. The van der Waals surface area contributed by atoms with E-state index >= 15 is 0 Å². The molecule has 2 rings (SSSR count). The van der Waals surface area contributed by atoms with Crippen LogP contribution < -0.4 is 0 Å². The highest BCUT2D eigenvalue weighted by molar-refractivity contribution is 7.78. The van der Waals surface area contributed by atoms with E-state index < -0.39 is 0 Å². The van der Waals surface area contributed by atoms with Crippen LogP contribution in [0, 0.1) is 0 Å². The van der Waals surface area contributed by atoms with Crippen molar-refractivity contribution in [2.75, 3.05) is 0 Å². The Labute approximate surface area is 73.7 Å². The fourth-order valence-electron chi connectivity index (χ4n) is 0.951. The molecule has 0 saturated carbocycles. The van der Waals surface area contributed by atoms with Crippen LogP contribution in [0.1, 0.15) is 0 Å². The molecule has 0 radical (unpaired) electrons. The number of aromatic nitrogens is 1. The van der Waals surface area contributed by atoms with E-state index in [1.54, 1.807) is 24.5 Å². The van der Waals surface area contributed by atoms with Crippen molar-refractivity contribution in [2.45, 2.75) is 0 Å². The standard InChI is InChI=1S/C8H4N2OS/c12-5-9-8-2-1-7-6(10-8)3-4-11-7/h1-4H. The van der Waals surface area contributed by atoms with Crippen LogP contribution in [0.5, 0.6) is 0 Å². The van der Waals surface area contributed by atoms with Gasteiger partial charge in [-0.25, -0.2) is 4.98 Å². The van der Waals surface area contributed by atoms with E-state index in [2.05, 4.69) is 27.4 Å². The molecule has 3 nitrogen and oxygen atoms in total. The molecule has 0 aromatic carbocycles. The molecule has 0 aliphatic heterocycles. The summed E-state index contributed by atoms with van der Waals surface area (Å²) in [5.41, 5.74) is 1.53. The second-order valence-corrected chi connectivity index (χ2v) is 2.36. The van der Waals surface area contributed by atoms with Crippen molar-refractivity contribution >= 4 is 34.3 Å². The molecule has 2 heterocycles. The number of hydrogen-bond donors (Lipinski definition) is 0. The molecule has 2 aromatic heterocycles. The summed E-state index contributed by atoms with van der Waals surface area (Å²) in [5.74, 6) is 0.555. The zero-order valence-electron chi connectivity index (χ0n) is 6.02. The molecule has 4 heteroatoms. The largest absolute Gasteiger partial charge is 0.463 e. The van der Waals surface area contributed by atoms with Gasteiger partial charge in [0.05, 0.1) is 11.4 Å². The molecule has 0 atom stereocenters. The van der Waals surface area contributed by atoms with E-state index in [-0.39, 0.29) is 0 Å². The van der Waals surface area contributed by atoms with Gasteiger partial charge < -0.3 is 4.42 Å². The zero-order valence-corrected chi connectivity index (χ0v) is 6.84. The number of isothiocyanates is 1. The lowest BCUT2D eigenvalue weighted by Gasteiger charge is -1.88. The Morgan fingerprint density at radius 2 is 2.33 bits per heavy atom. The highest BCUT2D eigenvalue weighted by atomic mass is 32.1. The summed E-state index contributed by atoms with van der Waals surface area (Å²) in [6, 6.07) is 5.30. The van der Waals surface area contributed by atoms with Crippen LogP contribution in [0.25, 0.3) is 11.1 Å². The van der Waals surface area contributed by atoms with Crippen LogP contribution >= 0.6 is 12.2 Å². The molecule has 2 aromatic rings. The topological polar surface area (TPSA) is 38.4 Å². The van der Waals surface area contributed by atoms with Crippen molar-refractivity contribution in [1.82, 2.24) is 4.98 Å². The Balaban J connectivity index is 2.67. The number of fused-ring (bicyclic) bond motifs is 1. The average Bonchev–Trinajstić information content (AvgIpc) is 2.51. The van der Waals surface area contributed by atoms with E-state index in [0.717, 1.165) is 11.1 Å². The average molecular weight is 176 g/mol. The van der Waals surface area contributed by atoms with Crippen molar-refractivity contribution in [3.05, 3.63) is 24.5 Å². The molecule has 0 amide bonds. The molecule has 0 aliphatic carbocycles. The third-order valence-corrected chi connectivity index (χ3v) is 1.54. The summed E-state index contributed by atoms with van der Waals surface area (Å²) in [6.45, 7) is 0. The number of rotatable bonds is 1. The van der Waals surface area contributed by atoms with Crippen LogP contribution in [-0.4, -0.2) is 10.1 Å². The van der Waals surface area contributed by atoms with Crippen LogP contribution in [0.4, 0.5) is 5.82 Å². The normalized spacial score (nSPS) is 9.67. The van der Waals surface area contributed by atoms with Crippen molar-refractivity contribution in [3.63, 3.8) is 0 Å². The Morgan fingerprint density at radius 1 is 1.42 bits per heavy atom. The monoisotopic (exact) mass is 176 g/mol. The first kappa shape index (κ1) is 7.16. The second kappa shape index (κ2) is 2.85. The van der Waals surface area contributed by atoms with Crippen LogP contribution in [-0.2, 0) is 0 Å². The lowest BCUT2D eigenvalue weighted by molar-refractivity contribution is 0.615. The van der Waals surface area contributed by atoms with Gasteiger partial charge in [0.15, 0.2) is 11.4 Å². The van der Waals surface area contributed by atoms with Crippen molar-refractivity contribution in [3.8, 4) is 0 Å². The molecule has 0 spiro atoms. The molecule has 0 aliphatic rings. The molecule has 0 saturated heterocycles. The lowest BCUT2D eigenvalue weighted by atomic mass is 10.4. The number of thiocarbonyl (C=S) groups is 1. The predicted octanol–water partition coefficient (Wildman–Crippen LogP) is 2.56. The summed E-state index contributed by atoms with van der Waals surface area (Å²) in [5, 5.41) is 2.26. The minimum absolute atomic E-state index is 0.555. The predicted molar refractivity (Wildman–Crippen MR) is 48.7 cm³/mol. The first-order valence-corrected chi connectivity index (χ1v) is 3.73. The Morgan fingerprint density at radius 3 is 3.17 bits per heavy atom. The van der Waals surface area contributed by atoms with Gasteiger partial charge in [-0.3, -0.25) is 0 Å². The van der Waals surface area contributed by atoms with Crippen LogP contribution in [0.15, 0.2) is 33.9 Å². The minimum atomic E-state index is 0.555. The first-order chi connectivity index (χ1) is 5.90. The van der Waals surface area contributed by atoms with Crippen LogP contribution in [0.2, 0.25) is 0 Å². The summed E-state index contributed by atoms with van der Waals surface area (Å²) < 4.78 is 5.10. The quantitative estimate of drug-likeness (QED) is 0.495. The highest BCUT2D eigenvalue weighted by Gasteiger charge is 1.97. The molecule has 12 heavy (non-hydrogen) atoms. The van der Waals surface area contributed by atoms with Gasteiger partial charge in [0.25, 0.3) is 0 Å². The third kappa shape index (κ3) is 1.13. The zero-order chi connectivity index (χ0) is 8.39. The van der Waals surface area contributed by atoms with E-state index in [1.165, 1.54) is 0 Å². The van der Waals surface area contributed by atoms with Gasteiger partial charge in [-0.15, -0.1) is 0 Å². The summed E-state index contributed by atoms with van der Waals surface area (Å²) in [6.07, 6.45) is 1.59. The maximum Gasteiger partial charge on any atom is 0.163 e. The fourth-order valence-corrected chi connectivity index (χ4v) is 1.04. The molecule has 0 unspecified atom stereocenters. The van der Waals surface area contributed by atoms with Crippen LogP contribution in [0.3, 0.4) is 0 Å². The number of furan rings is 1. The van der Waals surface area contributed by atoms with E-state index in [1.807, 2.05) is 0 Å². The van der Waals surface area contributed by atoms with Gasteiger partial charge in [-0.1, -0.05) is 0 Å². The summed E-state index contributed by atoms with van der Waals surface area (Å²) in [4.78, 5) is 7.88. The van der Waals surface area contributed by atoms with Gasteiger partial charge in [0.1, 0.15) is 5.52 Å². The molecular weight excluding hydrogens is 172 g/mol. The Bertz CT molecular complexity index is 457. The fraction of sp³-hybridized carbons (Fsp3) is 0. The highest BCUT2D eigenvalue weighted by Crippen LogP contribution is 2.16. The Kier molecular flexibility index (Phi) is 1.70. The lowest BCUT2D eigenvalue weighted by Crippen LogP contribution is -1.72. The molecule has 0 N–H and O–H groups in total. The van der Waals surface area contributed by atoms with E-state index in [0.29, 0.717) is 5.82 Å². The number of aliphatic imine (C=N–C) groups is 1. The van der Waals surface area contributed by atoms with Gasteiger partial charge in [0, 0.05) is 6.07 Å². The van der Waals surface area contributed by atoms with Crippen molar-refractivity contribution in [1.29, 1.82) is 0 Å². The van der Waals surface area contributed by atoms with Gasteiger partial charge in [-0.2, -0.15) is 4.99 Å².